The summed E-state index contributed by atoms with van der Waals surface area (Å²) in [5.74, 6) is -0.353. The Bertz CT molecular complexity index is 1110. The third-order valence-electron chi connectivity index (χ3n) is 6.14. The molecule has 0 unspecified atom stereocenters. The van der Waals surface area contributed by atoms with E-state index < -0.39 is 6.04 Å². The molecule has 0 saturated carbocycles. The van der Waals surface area contributed by atoms with Gasteiger partial charge in [-0.3, -0.25) is 9.59 Å². The zero-order chi connectivity index (χ0) is 25.4. The highest BCUT2D eigenvalue weighted by molar-refractivity contribution is 6.36. The average molecular weight is 511 g/mol. The second-order valence-corrected chi connectivity index (χ2v) is 9.72. The lowest BCUT2D eigenvalue weighted by Gasteiger charge is -2.33. The van der Waals surface area contributed by atoms with E-state index in [0.29, 0.717) is 22.0 Å². The Morgan fingerprint density at radius 3 is 2.11 bits per heavy atom. The fraction of sp³-hybridized carbons (Fsp3) is 0.310. The lowest BCUT2D eigenvalue weighted by molar-refractivity contribution is -0.141. The molecule has 0 aliphatic carbocycles. The lowest BCUT2D eigenvalue weighted by Crippen LogP contribution is -2.52. The van der Waals surface area contributed by atoms with Crippen LogP contribution in [-0.2, 0) is 29.0 Å². The predicted molar refractivity (Wildman–Crippen MR) is 144 cm³/mol. The number of carbonyl (C=O) groups excluding carboxylic acids is 2. The molecule has 3 rings (SSSR count). The quantitative estimate of drug-likeness (QED) is 0.343. The molecule has 0 aromatic heterocycles. The van der Waals surface area contributed by atoms with Crippen molar-refractivity contribution in [3.05, 3.63) is 105 Å². The highest BCUT2D eigenvalue weighted by Gasteiger charge is 2.31. The molecule has 3 aromatic rings. The molecule has 0 radical (unpaired) electrons. The van der Waals surface area contributed by atoms with Gasteiger partial charge >= 0.3 is 0 Å². The van der Waals surface area contributed by atoms with E-state index in [0.717, 1.165) is 23.1 Å². The molecule has 184 valence electrons. The smallest absolute Gasteiger partial charge is 0.243 e. The van der Waals surface area contributed by atoms with Gasteiger partial charge in [-0.15, -0.1) is 0 Å². The van der Waals surface area contributed by atoms with Crippen LogP contribution in [0.25, 0.3) is 0 Å². The van der Waals surface area contributed by atoms with Crippen molar-refractivity contribution in [1.29, 1.82) is 0 Å². The maximum absolute atomic E-state index is 13.8. The van der Waals surface area contributed by atoms with Gasteiger partial charge in [0.1, 0.15) is 6.04 Å². The second-order valence-electron chi connectivity index (χ2n) is 8.91. The third-order valence-corrected chi connectivity index (χ3v) is 6.85. The van der Waals surface area contributed by atoms with Crippen LogP contribution in [0, 0.1) is 6.92 Å². The van der Waals surface area contributed by atoms with Gasteiger partial charge in [-0.05, 0) is 43.5 Å². The van der Waals surface area contributed by atoms with Gasteiger partial charge in [0.05, 0.1) is 6.42 Å². The SMILES string of the molecule is CC[C@@H](C)NC(=O)[C@@H](Cc1ccccc1)N(Cc1c(Cl)cccc1Cl)C(=O)Cc1ccc(C)cc1. The van der Waals surface area contributed by atoms with Crippen molar-refractivity contribution >= 4 is 35.0 Å². The molecule has 0 saturated heterocycles. The van der Waals surface area contributed by atoms with E-state index in [2.05, 4.69) is 5.32 Å². The topological polar surface area (TPSA) is 49.4 Å². The Balaban J connectivity index is 2.01. The summed E-state index contributed by atoms with van der Waals surface area (Å²) in [6, 6.07) is 22.1. The standard InChI is InChI=1S/C29H32Cl2N2O2/c1-4-21(3)32-29(35)27(17-22-9-6-5-7-10-22)33(19-24-25(30)11-8-12-26(24)31)28(34)18-23-15-13-20(2)14-16-23/h5-16,21,27H,4,17-19H2,1-3H3,(H,32,35)/t21-,27-/m1/s1. The molecule has 4 nitrogen and oxygen atoms in total. The molecule has 0 heterocycles. The minimum absolute atomic E-state index is 0.0151. The first-order valence-corrected chi connectivity index (χ1v) is 12.7. The summed E-state index contributed by atoms with van der Waals surface area (Å²) >= 11 is 13.0. The van der Waals surface area contributed by atoms with Crippen molar-refractivity contribution < 1.29 is 9.59 Å². The van der Waals surface area contributed by atoms with Crippen LogP contribution >= 0.6 is 23.2 Å². The highest BCUT2D eigenvalue weighted by Crippen LogP contribution is 2.27. The van der Waals surface area contributed by atoms with Crippen molar-refractivity contribution in [2.24, 2.45) is 0 Å². The largest absolute Gasteiger partial charge is 0.352 e. The van der Waals surface area contributed by atoms with Crippen molar-refractivity contribution in [2.75, 3.05) is 0 Å². The second kappa shape index (κ2) is 12.8. The Morgan fingerprint density at radius 2 is 1.51 bits per heavy atom. The van der Waals surface area contributed by atoms with Crippen LogP contribution < -0.4 is 5.32 Å². The van der Waals surface area contributed by atoms with E-state index in [-0.39, 0.29) is 30.8 Å². The third kappa shape index (κ3) is 7.58. The molecule has 35 heavy (non-hydrogen) atoms. The Kier molecular flexibility index (Phi) is 9.76. The number of benzene rings is 3. The summed E-state index contributed by atoms with van der Waals surface area (Å²) in [6.07, 6.45) is 1.34. The van der Waals surface area contributed by atoms with E-state index in [9.17, 15) is 9.59 Å². The Labute approximate surface area is 218 Å². The van der Waals surface area contributed by atoms with E-state index in [1.165, 1.54) is 0 Å². The summed E-state index contributed by atoms with van der Waals surface area (Å²) in [7, 11) is 0. The van der Waals surface area contributed by atoms with E-state index in [1.807, 2.05) is 75.4 Å². The molecule has 1 N–H and O–H groups in total. The number of nitrogens with one attached hydrogen (secondary N) is 1. The Morgan fingerprint density at radius 1 is 0.886 bits per heavy atom. The number of nitrogens with zero attached hydrogens (tertiary/aromatic N) is 1. The van der Waals surface area contributed by atoms with Crippen LogP contribution in [0.3, 0.4) is 0 Å². The van der Waals surface area contributed by atoms with Crippen LogP contribution in [0.15, 0.2) is 72.8 Å². The van der Waals surface area contributed by atoms with Gasteiger partial charge in [0.2, 0.25) is 11.8 Å². The molecule has 0 fully saturated rings. The van der Waals surface area contributed by atoms with Crippen molar-refractivity contribution in [2.45, 2.75) is 58.7 Å². The number of carbonyl (C=O) groups is 2. The monoisotopic (exact) mass is 510 g/mol. The van der Waals surface area contributed by atoms with Crippen LogP contribution in [0.1, 0.15) is 42.5 Å². The first-order chi connectivity index (χ1) is 16.8. The van der Waals surface area contributed by atoms with Gasteiger partial charge in [0, 0.05) is 34.6 Å². The maximum Gasteiger partial charge on any atom is 0.243 e. The van der Waals surface area contributed by atoms with Gasteiger partial charge in [0.15, 0.2) is 0 Å². The van der Waals surface area contributed by atoms with Gasteiger partial charge in [-0.1, -0.05) is 96.4 Å². The molecule has 2 atom stereocenters. The highest BCUT2D eigenvalue weighted by atomic mass is 35.5. The lowest BCUT2D eigenvalue weighted by atomic mass is 10.0. The van der Waals surface area contributed by atoms with Gasteiger partial charge in [0.25, 0.3) is 0 Å². The van der Waals surface area contributed by atoms with Crippen LogP contribution in [-0.4, -0.2) is 28.8 Å². The van der Waals surface area contributed by atoms with Crippen LogP contribution in [0.5, 0.6) is 0 Å². The zero-order valence-electron chi connectivity index (χ0n) is 20.4. The minimum Gasteiger partial charge on any atom is -0.352 e. The summed E-state index contributed by atoms with van der Waals surface area (Å²) in [6.45, 7) is 6.11. The molecule has 0 spiro atoms. The molecule has 2 amide bonds. The summed E-state index contributed by atoms with van der Waals surface area (Å²) in [5, 5.41) is 4.00. The van der Waals surface area contributed by atoms with Crippen LogP contribution in [0.2, 0.25) is 10.0 Å². The Hall–Kier alpha value is -2.82. The van der Waals surface area contributed by atoms with Crippen LogP contribution in [0.4, 0.5) is 0 Å². The van der Waals surface area contributed by atoms with Crippen molar-refractivity contribution in [3.8, 4) is 0 Å². The van der Waals surface area contributed by atoms with Gasteiger partial charge in [-0.25, -0.2) is 0 Å². The molecular formula is C29H32Cl2N2O2. The van der Waals surface area contributed by atoms with Gasteiger partial charge < -0.3 is 10.2 Å². The zero-order valence-corrected chi connectivity index (χ0v) is 21.9. The number of aryl methyl sites for hydroxylation is 1. The molecule has 0 aliphatic rings. The van der Waals surface area contributed by atoms with E-state index in [1.54, 1.807) is 23.1 Å². The number of amides is 2. The first kappa shape index (κ1) is 26.8. The fourth-order valence-electron chi connectivity index (χ4n) is 3.83. The first-order valence-electron chi connectivity index (χ1n) is 11.9. The molecule has 3 aromatic carbocycles. The number of hydrogen-bond acceptors (Lipinski definition) is 2. The number of hydrogen-bond donors (Lipinski definition) is 1. The summed E-state index contributed by atoms with van der Waals surface area (Å²) in [4.78, 5) is 28.9. The fourth-order valence-corrected chi connectivity index (χ4v) is 4.35. The summed E-state index contributed by atoms with van der Waals surface area (Å²) < 4.78 is 0. The summed E-state index contributed by atoms with van der Waals surface area (Å²) in [5.41, 5.74) is 3.60. The van der Waals surface area contributed by atoms with E-state index in [4.69, 9.17) is 23.2 Å². The number of halogens is 2. The normalized spacial score (nSPS) is 12.6. The van der Waals surface area contributed by atoms with Gasteiger partial charge in [-0.2, -0.15) is 0 Å². The van der Waals surface area contributed by atoms with Crippen molar-refractivity contribution in [1.82, 2.24) is 10.2 Å². The molecule has 0 aliphatic heterocycles. The molecule has 0 bridgehead atoms. The van der Waals surface area contributed by atoms with E-state index >= 15 is 0 Å². The average Bonchev–Trinajstić information content (AvgIpc) is 2.84. The maximum atomic E-state index is 13.8. The predicted octanol–water partition coefficient (Wildman–Crippen LogP) is 6.40. The molecule has 6 heteroatoms. The molecular weight excluding hydrogens is 479 g/mol. The minimum atomic E-state index is -0.725. The van der Waals surface area contributed by atoms with Crippen molar-refractivity contribution in [3.63, 3.8) is 0 Å². The number of rotatable bonds is 10.